The summed E-state index contributed by atoms with van der Waals surface area (Å²) in [7, 11) is 0. The van der Waals surface area contributed by atoms with Gasteiger partial charge in [0, 0.05) is 24.4 Å². The van der Waals surface area contributed by atoms with Crippen molar-refractivity contribution >= 4 is 0 Å². The molecule has 0 atom stereocenters. The summed E-state index contributed by atoms with van der Waals surface area (Å²) >= 11 is 0. The molecule has 2 rings (SSSR count). The van der Waals surface area contributed by atoms with Crippen LogP contribution >= 0.6 is 0 Å². The minimum atomic E-state index is 0.0240. The third-order valence-electron chi connectivity index (χ3n) is 3.65. The van der Waals surface area contributed by atoms with Gasteiger partial charge in [0.05, 0.1) is 5.69 Å². The molecule has 0 saturated carbocycles. The number of nitrogens with one attached hydrogen (secondary N) is 2. The molecule has 114 valence electrons. The van der Waals surface area contributed by atoms with Crippen LogP contribution in [0.25, 0.3) is 11.3 Å². The van der Waals surface area contributed by atoms with Gasteiger partial charge in [-0.2, -0.15) is 5.10 Å². The normalized spacial score (nSPS) is 11.8. The lowest BCUT2D eigenvalue weighted by Gasteiger charge is -2.21. The lowest BCUT2D eigenvalue weighted by atomic mass is 9.89. The van der Waals surface area contributed by atoms with Gasteiger partial charge in [0.25, 0.3) is 0 Å². The van der Waals surface area contributed by atoms with Crippen LogP contribution in [0.5, 0.6) is 0 Å². The highest BCUT2D eigenvalue weighted by molar-refractivity contribution is 5.58. The topological polar surface area (TPSA) is 60.9 Å². The summed E-state index contributed by atoms with van der Waals surface area (Å²) in [5, 5.41) is 20.0. The van der Waals surface area contributed by atoms with Gasteiger partial charge in [0.1, 0.15) is 0 Å². The van der Waals surface area contributed by atoms with E-state index in [1.807, 2.05) is 18.2 Å². The van der Waals surface area contributed by atoms with E-state index in [1.54, 1.807) is 0 Å². The van der Waals surface area contributed by atoms with Crippen molar-refractivity contribution in [2.45, 2.75) is 33.2 Å². The number of rotatable bonds is 8. The molecule has 0 aliphatic carbocycles. The van der Waals surface area contributed by atoms with Crippen molar-refractivity contribution in [1.29, 1.82) is 0 Å². The minimum absolute atomic E-state index is 0.0240. The zero-order chi connectivity index (χ0) is 15.1. The first kappa shape index (κ1) is 15.7. The fourth-order valence-electron chi connectivity index (χ4n) is 2.20. The van der Waals surface area contributed by atoms with E-state index < -0.39 is 0 Å². The molecule has 4 nitrogen and oxygen atoms in total. The minimum Gasteiger partial charge on any atom is -0.396 e. The first-order valence-corrected chi connectivity index (χ1v) is 7.52. The van der Waals surface area contributed by atoms with Crippen LogP contribution in [0.2, 0.25) is 0 Å². The maximum Gasteiger partial charge on any atom is 0.0924 e. The Balaban J connectivity index is 1.74. The molecule has 1 heterocycles. The molecule has 21 heavy (non-hydrogen) atoms. The molecule has 1 aromatic carbocycles. The van der Waals surface area contributed by atoms with E-state index in [4.69, 9.17) is 0 Å². The average Bonchev–Trinajstić information content (AvgIpc) is 2.97. The lowest BCUT2D eigenvalue weighted by Crippen LogP contribution is -2.21. The van der Waals surface area contributed by atoms with Crippen LogP contribution in [0.1, 0.15) is 32.4 Å². The van der Waals surface area contributed by atoms with Crippen LogP contribution < -0.4 is 5.32 Å². The van der Waals surface area contributed by atoms with Crippen LogP contribution in [-0.2, 0) is 6.54 Å². The Morgan fingerprint density at radius 3 is 2.71 bits per heavy atom. The van der Waals surface area contributed by atoms with Gasteiger partial charge in [-0.05, 0) is 30.9 Å². The second-order valence-electron chi connectivity index (χ2n) is 6.25. The van der Waals surface area contributed by atoms with E-state index in [2.05, 4.69) is 47.6 Å². The van der Waals surface area contributed by atoms with E-state index in [9.17, 15) is 5.11 Å². The summed E-state index contributed by atoms with van der Waals surface area (Å²) in [5.41, 5.74) is 3.23. The molecule has 0 fully saturated rings. The van der Waals surface area contributed by atoms with Crippen molar-refractivity contribution in [3.8, 4) is 11.3 Å². The average molecular weight is 287 g/mol. The van der Waals surface area contributed by atoms with Crippen LogP contribution in [0.3, 0.4) is 0 Å². The Labute approximate surface area is 126 Å². The van der Waals surface area contributed by atoms with Gasteiger partial charge in [-0.3, -0.25) is 5.10 Å². The molecule has 0 unspecified atom stereocenters. The molecule has 0 bridgehead atoms. The van der Waals surface area contributed by atoms with Crippen LogP contribution in [0, 0.1) is 5.41 Å². The van der Waals surface area contributed by atoms with Crippen LogP contribution in [0.15, 0.2) is 36.4 Å². The highest BCUT2D eigenvalue weighted by Gasteiger charge is 2.15. The summed E-state index contributed by atoms with van der Waals surface area (Å²) in [5.74, 6) is 0. The van der Waals surface area contributed by atoms with E-state index in [0.717, 1.165) is 42.9 Å². The second kappa shape index (κ2) is 7.38. The fraction of sp³-hybridized carbons (Fsp3) is 0.471. The number of aromatic amines is 1. The van der Waals surface area contributed by atoms with Crippen molar-refractivity contribution in [3.63, 3.8) is 0 Å². The largest absolute Gasteiger partial charge is 0.396 e. The number of nitrogens with zero attached hydrogens (tertiary/aromatic N) is 1. The van der Waals surface area contributed by atoms with Crippen LogP contribution in [-0.4, -0.2) is 28.5 Å². The number of hydrogen-bond acceptors (Lipinski definition) is 3. The molecule has 0 radical (unpaired) electrons. The lowest BCUT2D eigenvalue weighted by molar-refractivity contribution is 0.148. The maximum atomic E-state index is 9.21. The summed E-state index contributed by atoms with van der Waals surface area (Å²) in [6.07, 6.45) is 2.09. The van der Waals surface area contributed by atoms with Gasteiger partial charge in [-0.25, -0.2) is 0 Å². The first-order chi connectivity index (χ1) is 10.1. The van der Waals surface area contributed by atoms with E-state index >= 15 is 0 Å². The Bertz CT molecular complexity index is 534. The molecule has 1 aromatic heterocycles. The predicted octanol–water partition coefficient (Wildman–Crippen LogP) is 2.97. The Kier molecular flexibility index (Phi) is 5.53. The van der Waals surface area contributed by atoms with Crippen molar-refractivity contribution < 1.29 is 5.11 Å². The van der Waals surface area contributed by atoms with Crippen molar-refractivity contribution in [3.05, 3.63) is 42.1 Å². The number of H-pyrrole nitrogens is 1. The number of aliphatic hydroxyl groups is 1. The molecular formula is C17H25N3O. The zero-order valence-corrected chi connectivity index (χ0v) is 12.9. The van der Waals surface area contributed by atoms with E-state index in [1.165, 1.54) is 0 Å². The van der Waals surface area contributed by atoms with Gasteiger partial charge in [-0.15, -0.1) is 0 Å². The van der Waals surface area contributed by atoms with Crippen molar-refractivity contribution in [2.75, 3.05) is 13.2 Å². The highest BCUT2D eigenvalue weighted by Crippen LogP contribution is 2.20. The monoisotopic (exact) mass is 287 g/mol. The number of aliphatic hydroxyl groups excluding tert-OH is 1. The summed E-state index contributed by atoms with van der Waals surface area (Å²) < 4.78 is 0. The molecule has 0 spiro atoms. The predicted molar refractivity (Wildman–Crippen MR) is 85.8 cm³/mol. The number of hydrogen-bond donors (Lipinski definition) is 3. The van der Waals surface area contributed by atoms with Gasteiger partial charge >= 0.3 is 0 Å². The summed E-state index contributed by atoms with van der Waals surface area (Å²) in [4.78, 5) is 0. The Morgan fingerprint density at radius 1 is 1.24 bits per heavy atom. The quantitative estimate of drug-likeness (QED) is 0.654. The molecule has 0 amide bonds. The van der Waals surface area contributed by atoms with Gasteiger partial charge in [0.15, 0.2) is 0 Å². The Morgan fingerprint density at radius 2 is 2.00 bits per heavy atom. The second-order valence-corrected chi connectivity index (χ2v) is 6.25. The van der Waals surface area contributed by atoms with Gasteiger partial charge in [0.2, 0.25) is 0 Å². The van der Waals surface area contributed by atoms with Crippen LogP contribution in [0.4, 0.5) is 0 Å². The molecule has 3 N–H and O–H groups in total. The van der Waals surface area contributed by atoms with Gasteiger partial charge in [-0.1, -0.05) is 44.2 Å². The molecule has 0 saturated heterocycles. The maximum absolute atomic E-state index is 9.21. The highest BCUT2D eigenvalue weighted by atomic mass is 16.3. The number of aromatic nitrogens is 2. The third-order valence-corrected chi connectivity index (χ3v) is 3.65. The number of benzene rings is 1. The van der Waals surface area contributed by atoms with E-state index in [-0.39, 0.29) is 12.0 Å². The summed E-state index contributed by atoms with van der Waals surface area (Å²) in [6.45, 7) is 6.17. The summed E-state index contributed by atoms with van der Waals surface area (Å²) in [6, 6.07) is 12.2. The van der Waals surface area contributed by atoms with Crippen molar-refractivity contribution in [2.24, 2.45) is 5.41 Å². The third kappa shape index (κ3) is 4.99. The molecular weight excluding hydrogens is 262 g/mol. The standard InChI is InChI=1S/C17H25N3O/c1-17(2,13-21)9-6-10-18-12-15-11-16(20-19-15)14-7-4-3-5-8-14/h3-5,7-8,11,18,21H,6,9-10,12-13H2,1-2H3,(H,19,20). The molecule has 0 aliphatic rings. The molecule has 0 aliphatic heterocycles. The SMILES string of the molecule is CC(C)(CO)CCCNCc1cc(-c2ccccc2)n[nH]1. The smallest absolute Gasteiger partial charge is 0.0924 e. The molecule has 2 aromatic rings. The van der Waals surface area contributed by atoms with Gasteiger partial charge < -0.3 is 10.4 Å². The van der Waals surface area contributed by atoms with E-state index in [0.29, 0.717) is 0 Å². The van der Waals surface area contributed by atoms with Crippen molar-refractivity contribution in [1.82, 2.24) is 15.5 Å². The Hall–Kier alpha value is -1.65. The fourth-order valence-corrected chi connectivity index (χ4v) is 2.20. The molecule has 4 heteroatoms. The zero-order valence-electron chi connectivity index (χ0n) is 12.9. The first-order valence-electron chi connectivity index (χ1n) is 7.52.